The largest absolute Gasteiger partial charge is 0.497 e. The van der Waals surface area contributed by atoms with Crippen LogP contribution in [0.4, 0.5) is 5.69 Å². The quantitative estimate of drug-likeness (QED) is 0.624. The number of rotatable bonds is 5. The second kappa shape index (κ2) is 7.81. The summed E-state index contributed by atoms with van der Waals surface area (Å²) < 4.78 is 5.50. The van der Waals surface area contributed by atoms with Gasteiger partial charge in [0, 0.05) is 16.6 Å². The molecule has 1 aromatic heterocycles. The van der Waals surface area contributed by atoms with Gasteiger partial charge in [0.15, 0.2) is 0 Å². The number of benzene rings is 1. The number of anilines is 1. The van der Waals surface area contributed by atoms with Crippen LogP contribution in [0.25, 0.3) is 6.08 Å². The minimum Gasteiger partial charge on any atom is -0.497 e. The SMILES string of the molecule is COc1cccc(NC(=O)CN2C(=O)/C(=C\c3cccs3)SC2=S)c1. The lowest BCUT2D eigenvalue weighted by Gasteiger charge is -2.14. The van der Waals surface area contributed by atoms with Crippen LogP contribution >= 0.6 is 35.3 Å². The van der Waals surface area contributed by atoms with Crippen LogP contribution in [0.5, 0.6) is 5.75 Å². The average molecular weight is 391 g/mol. The predicted octanol–water partition coefficient (Wildman–Crippen LogP) is 3.60. The number of nitrogens with zero attached hydrogens (tertiary/aromatic N) is 1. The van der Waals surface area contributed by atoms with Crippen LogP contribution in [-0.2, 0) is 9.59 Å². The van der Waals surface area contributed by atoms with Crippen LogP contribution < -0.4 is 10.1 Å². The second-order valence-electron chi connectivity index (χ2n) is 5.06. The monoisotopic (exact) mass is 390 g/mol. The number of amides is 2. The van der Waals surface area contributed by atoms with Crippen molar-refractivity contribution in [1.29, 1.82) is 0 Å². The first kappa shape index (κ1) is 17.7. The summed E-state index contributed by atoms with van der Waals surface area (Å²) >= 11 is 7.99. The minimum atomic E-state index is -0.318. The topological polar surface area (TPSA) is 58.6 Å². The normalized spacial score (nSPS) is 15.7. The van der Waals surface area contributed by atoms with Crippen molar-refractivity contribution in [3.8, 4) is 5.75 Å². The molecule has 0 atom stereocenters. The molecule has 2 amide bonds. The van der Waals surface area contributed by atoms with Crippen molar-refractivity contribution in [3.05, 3.63) is 51.6 Å². The van der Waals surface area contributed by atoms with Gasteiger partial charge in [-0.3, -0.25) is 14.5 Å². The third kappa shape index (κ3) is 4.28. The van der Waals surface area contributed by atoms with Crippen molar-refractivity contribution >= 4 is 63.2 Å². The van der Waals surface area contributed by atoms with Gasteiger partial charge >= 0.3 is 0 Å². The van der Waals surface area contributed by atoms with E-state index in [2.05, 4.69) is 5.32 Å². The van der Waals surface area contributed by atoms with Crippen molar-refractivity contribution in [3.63, 3.8) is 0 Å². The lowest BCUT2D eigenvalue weighted by molar-refractivity contribution is -0.126. The number of hydrogen-bond acceptors (Lipinski definition) is 6. The second-order valence-corrected chi connectivity index (χ2v) is 7.72. The number of methoxy groups -OCH3 is 1. The zero-order valence-corrected chi connectivity index (χ0v) is 15.7. The van der Waals surface area contributed by atoms with E-state index in [4.69, 9.17) is 17.0 Å². The molecule has 1 aliphatic heterocycles. The number of ether oxygens (including phenoxy) is 1. The molecule has 0 aliphatic carbocycles. The Morgan fingerprint density at radius 1 is 1.36 bits per heavy atom. The van der Waals surface area contributed by atoms with Crippen molar-refractivity contribution in [1.82, 2.24) is 4.90 Å². The Balaban J connectivity index is 1.66. The lowest BCUT2D eigenvalue weighted by Crippen LogP contribution is -2.36. The van der Waals surface area contributed by atoms with Gasteiger partial charge in [0.1, 0.15) is 16.6 Å². The van der Waals surface area contributed by atoms with E-state index in [1.54, 1.807) is 37.5 Å². The van der Waals surface area contributed by atoms with Gasteiger partial charge < -0.3 is 10.1 Å². The van der Waals surface area contributed by atoms with Crippen LogP contribution in [0.3, 0.4) is 0 Å². The first-order chi connectivity index (χ1) is 12.1. The molecule has 1 fully saturated rings. The van der Waals surface area contributed by atoms with Crippen molar-refractivity contribution < 1.29 is 14.3 Å². The fraction of sp³-hybridized carbons (Fsp3) is 0.118. The fourth-order valence-corrected chi connectivity index (χ4v) is 4.16. The summed E-state index contributed by atoms with van der Waals surface area (Å²) in [5, 5.41) is 4.68. The molecule has 1 saturated heterocycles. The number of carbonyl (C=O) groups excluding carboxylic acids is 2. The number of carbonyl (C=O) groups is 2. The molecule has 128 valence electrons. The maximum atomic E-state index is 12.5. The molecule has 25 heavy (non-hydrogen) atoms. The van der Waals surface area contributed by atoms with E-state index in [1.807, 2.05) is 17.5 Å². The zero-order chi connectivity index (χ0) is 17.8. The van der Waals surface area contributed by atoms with E-state index in [9.17, 15) is 9.59 Å². The summed E-state index contributed by atoms with van der Waals surface area (Å²) in [6.07, 6.45) is 1.80. The van der Waals surface area contributed by atoms with E-state index in [0.29, 0.717) is 20.7 Å². The van der Waals surface area contributed by atoms with E-state index in [1.165, 1.54) is 28.0 Å². The maximum Gasteiger partial charge on any atom is 0.266 e. The maximum absolute atomic E-state index is 12.5. The van der Waals surface area contributed by atoms with Crippen LogP contribution in [0, 0.1) is 0 Å². The van der Waals surface area contributed by atoms with Crippen molar-refractivity contribution in [2.75, 3.05) is 19.0 Å². The van der Waals surface area contributed by atoms with E-state index in [0.717, 1.165) is 4.88 Å². The smallest absolute Gasteiger partial charge is 0.266 e. The molecule has 1 aliphatic rings. The first-order valence-electron chi connectivity index (χ1n) is 7.29. The highest BCUT2D eigenvalue weighted by molar-refractivity contribution is 8.26. The molecule has 2 heterocycles. The summed E-state index contributed by atoms with van der Waals surface area (Å²) in [5.74, 6) is 0.0772. The molecule has 2 aromatic rings. The molecular weight excluding hydrogens is 376 g/mol. The average Bonchev–Trinajstić information content (AvgIpc) is 3.19. The molecule has 0 saturated carbocycles. The molecule has 0 unspecified atom stereocenters. The highest BCUT2D eigenvalue weighted by atomic mass is 32.2. The third-order valence-corrected chi connectivity index (χ3v) is 5.54. The fourth-order valence-electron chi connectivity index (χ4n) is 2.18. The Labute approximate surface area is 158 Å². The van der Waals surface area contributed by atoms with Gasteiger partial charge in [-0.05, 0) is 29.7 Å². The first-order valence-corrected chi connectivity index (χ1v) is 9.40. The van der Waals surface area contributed by atoms with E-state index >= 15 is 0 Å². The van der Waals surface area contributed by atoms with Crippen LogP contribution in [-0.4, -0.2) is 34.7 Å². The number of hydrogen-bond donors (Lipinski definition) is 1. The Kier molecular flexibility index (Phi) is 5.52. The highest BCUT2D eigenvalue weighted by Gasteiger charge is 2.33. The van der Waals surface area contributed by atoms with Gasteiger partial charge in [0.25, 0.3) is 5.91 Å². The molecule has 0 radical (unpaired) electrons. The van der Waals surface area contributed by atoms with Gasteiger partial charge in [-0.15, -0.1) is 11.3 Å². The van der Waals surface area contributed by atoms with Gasteiger partial charge in [0.05, 0.1) is 12.0 Å². The molecule has 8 heteroatoms. The molecule has 5 nitrogen and oxygen atoms in total. The lowest BCUT2D eigenvalue weighted by atomic mass is 10.3. The molecule has 0 spiro atoms. The van der Waals surface area contributed by atoms with Gasteiger partial charge in [-0.25, -0.2) is 0 Å². The van der Waals surface area contributed by atoms with Crippen LogP contribution in [0.1, 0.15) is 4.88 Å². The molecular formula is C17H14N2O3S3. The molecule has 1 aromatic carbocycles. The number of thiophene rings is 1. The Morgan fingerprint density at radius 3 is 2.92 bits per heavy atom. The molecule has 0 bridgehead atoms. The summed E-state index contributed by atoms with van der Waals surface area (Å²) in [6.45, 7) is -0.121. The molecule has 1 N–H and O–H groups in total. The van der Waals surface area contributed by atoms with Crippen LogP contribution in [0.2, 0.25) is 0 Å². The summed E-state index contributed by atoms with van der Waals surface area (Å²) in [4.78, 5) is 27.6. The van der Waals surface area contributed by atoms with Gasteiger partial charge in [-0.2, -0.15) is 0 Å². The summed E-state index contributed by atoms with van der Waals surface area (Å²) in [6, 6.07) is 10.9. The van der Waals surface area contributed by atoms with E-state index < -0.39 is 0 Å². The Bertz CT molecular complexity index is 847. The minimum absolute atomic E-state index is 0.121. The standard InChI is InChI=1S/C17H14N2O3S3/c1-22-12-5-2-4-11(8-12)18-15(20)10-19-16(21)14(25-17(19)23)9-13-6-3-7-24-13/h2-9H,10H2,1H3,(H,18,20)/b14-9+. The Morgan fingerprint density at radius 2 is 2.20 bits per heavy atom. The van der Waals surface area contributed by atoms with Gasteiger partial charge in [0.2, 0.25) is 5.91 Å². The van der Waals surface area contributed by atoms with Crippen LogP contribution in [0.15, 0.2) is 46.7 Å². The predicted molar refractivity (Wildman–Crippen MR) is 106 cm³/mol. The molecule has 3 rings (SSSR count). The summed E-state index contributed by atoms with van der Waals surface area (Å²) in [7, 11) is 1.56. The van der Waals surface area contributed by atoms with Gasteiger partial charge in [-0.1, -0.05) is 36.1 Å². The number of nitrogens with one attached hydrogen (secondary N) is 1. The number of thioether (sulfide) groups is 1. The number of thiocarbonyl (C=S) groups is 1. The van der Waals surface area contributed by atoms with Crippen molar-refractivity contribution in [2.45, 2.75) is 0 Å². The Hall–Kier alpha value is -2.16. The highest BCUT2D eigenvalue weighted by Crippen LogP contribution is 2.33. The zero-order valence-electron chi connectivity index (χ0n) is 13.2. The van der Waals surface area contributed by atoms with E-state index in [-0.39, 0.29) is 18.4 Å². The van der Waals surface area contributed by atoms with Crippen molar-refractivity contribution in [2.24, 2.45) is 0 Å². The third-order valence-electron chi connectivity index (χ3n) is 3.35. The summed E-state index contributed by atoms with van der Waals surface area (Å²) in [5.41, 5.74) is 0.601.